The molecule has 2 rings (SSSR count). The molecule has 0 unspecified atom stereocenters. The number of hydrogen-bond acceptors (Lipinski definition) is 4. The van der Waals surface area contributed by atoms with Crippen LogP contribution in [0.15, 0.2) is 23.1 Å². The van der Waals surface area contributed by atoms with Gasteiger partial charge in [-0.3, -0.25) is 0 Å². The van der Waals surface area contributed by atoms with E-state index in [2.05, 4.69) is 4.72 Å². The van der Waals surface area contributed by atoms with Crippen LogP contribution in [0.1, 0.15) is 6.92 Å². The van der Waals surface area contributed by atoms with E-state index < -0.39 is 10.0 Å². The van der Waals surface area contributed by atoms with E-state index in [1.807, 2.05) is 0 Å². The number of benzene rings is 1. The first-order chi connectivity index (χ1) is 7.63. The average molecular weight is 243 g/mol. The molecule has 5 nitrogen and oxygen atoms in total. The highest BCUT2D eigenvalue weighted by molar-refractivity contribution is 7.89. The molecule has 0 bridgehead atoms. The van der Waals surface area contributed by atoms with Crippen LogP contribution >= 0.6 is 0 Å². The molecule has 0 atom stereocenters. The van der Waals surface area contributed by atoms with Gasteiger partial charge in [0.15, 0.2) is 11.5 Å². The van der Waals surface area contributed by atoms with Crippen molar-refractivity contribution in [2.45, 2.75) is 11.8 Å². The Bertz CT molecular complexity index is 484. The molecule has 16 heavy (non-hydrogen) atoms. The molecule has 0 fully saturated rings. The number of ether oxygens (including phenoxy) is 2. The Balaban J connectivity index is 2.37. The second-order valence-electron chi connectivity index (χ2n) is 3.31. The van der Waals surface area contributed by atoms with Crippen molar-refractivity contribution in [2.75, 3.05) is 19.8 Å². The molecule has 1 aliphatic rings. The Morgan fingerprint density at radius 1 is 1.25 bits per heavy atom. The highest BCUT2D eigenvalue weighted by Crippen LogP contribution is 2.31. The van der Waals surface area contributed by atoms with Crippen molar-refractivity contribution in [1.29, 1.82) is 0 Å². The number of fused-ring (bicyclic) bond motifs is 1. The first-order valence-corrected chi connectivity index (χ1v) is 6.51. The van der Waals surface area contributed by atoms with Gasteiger partial charge in [0, 0.05) is 12.6 Å². The molecule has 1 N–H and O–H groups in total. The Morgan fingerprint density at radius 2 is 1.94 bits per heavy atom. The topological polar surface area (TPSA) is 64.6 Å². The summed E-state index contributed by atoms with van der Waals surface area (Å²) >= 11 is 0. The summed E-state index contributed by atoms with van der Waals surface area (Å²) in [6, 6.07) is 4.59. The van der Waals surface area contributed by atoms with E-state index in [4.69, 9.17) is 9.47 Å². The van der Waals surface area contributed by atoms with E-state index >= 15 is 0 Å². The number of sulfonamides is 1. The van der Waals surface area contributed by atoms with E-state index in [0.29, 0.717) is 31.3 Å². The summed E-state index contributed by atoms with van der Waals surface area (Å²) in [6.07, 6.45) is 0. The van der Waals surface area contributed by atoms with Crippen LogP contribution < -0.4 is 14.2 Å². The van der Waals surface area contributed by atoms with Crippen molar-refractivity contribution in [3.63, 3.8) is 0 Å². The fraction of sp³-hybridized carbons (Fsp3) is 0.400. The first kappa shape index (κ1) is 11.2. The van der Waals surface area contributed by atoms with Crippen LogP contribution in [0.25, 0.3) is 0 Å². The van der Waals surface area contributed by atoms with Crippen LogP contribution in [-0.2, 0) is 10.0 Å². The van der Waals surface area contributed by atoms with Gasteiger partial charge < -0.3 is 9.47 Å². The second-order valence-corrected chi connectivity index (χ2v) is 5.07. The number of nitrogens with one attached hydrogen (secondary N) is 1. The molecule has 1 aromatic rings. The Morgan fingerprint density at radius 3 is 2.62 bits per heavy atom. The molecule has 0 saturated heterocycles. The average Bonchev–Trinajstić information content (AvgIpc) is 2.28. The summed E-state index contributed by atoms with van der Waals surface area (Å²) in [5, 5.41) is 0. The molecule has 1 heterocycles. The van der Waals surface area contributed by atoms with Gasteiger partial charge >= 0.3 is 0 Å². The van der Waals surface area contributed by atoms with Gasteiger partial charge in [0.1, 0.15) is 13.2 Å². The summed E-state index contributed by atoms with van der Waals surface area (Å²) in [5.41, 5.74) is 0. The predicted octanol–water partition coefficient (Wildman–Crippen LogP) is 0.756. The quantitative estimate of drug-likeness (QED) is 0.851. The third kappa shape index (κ3) is 2.12. The van der Waals surface area contributed by atoms with Crippen molar-refractivity contribution in [2.24, 2.45) is 0 Å². The van der Waals surface area contributed by atoms with Crippen LogP contribution in [-0.4, -0.2) is 28.2 Å². The lowest BCUT2D eigenvalue weighted by Gasteiger charge is -2.18. The lowest BCUT2D eigenvalue weighted by Crippen LogP contribution is -2.23. The molecule has 1 aromatic carbocycles. The maximum absolute atomic E-state index is 11.7. The minimum atomic E-state index is -3.43. The van der Waals surface area contributed by atoms with Crippen molar-refractivity contribution in [3.05, 3.63) is 18.2 Å². The fourth-order valence-corrected chi connectivity index (χ4v) is 2.52. The van der Waals surface area contributed by atoms with Gasteiger partial charge in [0.25, 0.3) is 0 Å². The van der Waals surface area contributed by atoms with Crippen LogP contribution in [0.5, 0.6) is 11.5 Å². The molecular weight excluding hydrogens is 230 g/mol. The van der Waals surface area contributed by atoms with E-state index in [1.54, 1.807) is 13.0 Å². The van der Waals surface area contributed by atoms with Gasteiger partial charge in [0.05, 0.1) is 4.90 Å². The minimum Gasteiger partial charge on any atom is -0.486 e. The van der Waals surface area contributed by atoms with Gasteiger partial charge in [-0.2, -0.15) is 0 Å². The smallest absolute Gasteiger partial charge is 0.240 e. The SMILES string of the molecule is CCNS(=O)(=O)c1ccc2c(c1)OCCO2. The Kier molecular flexibility index (Phi) is 3.02. The fourth-order valence-electron chi connectivity index (χ4n) is 1.46. The summed E-state index contributed by atoms with van der Waals surface area (Å²) in [5.74, 6) is 1.06. The van der Waals surface area contributed by atoms with Crippen molar-refractivity contribution in [1.82, 2.24) is 4.72 Å². The molecule has 0 aliphatic carbocycles. The maximum atomic E-state index is 11.7. The van der Waals surface area contributed by atoms with Gasteiger partial charge in [-0.05, 0) is 12.1 Å². The third-order valence-electron chi connectivity index (χ3n) is 2.16. The molecule has 0 spiro atoms. The second kappa shape index (κ2) is 4.31. The molecule has 0 amide bonds. The molecule has 6 heteroatoms. The standard InChI is InChI=1S/C10H13NO4S/c1-2-11-16(12,13)8-3-4-9-10(7-8)15-6-5-14-9/h3-4,7,11H,2,5-6H2,1H3. The highest BCUT2D eigenvalue weighted by Gasteiger charge is 2.18. The summed E-state index contributed by atoms with van der Waals surface area (Å²) in [6.45, 7) is 3.02. The van der Waals surface area contributed by atoms with Gasteiger partial charge in [0.2, 0.25) is 10.0 Å². The molecular formula is C10H13NO4S. The van der Waals surface area contributed by atoms with E-state index in [9.17, 15) is 8.42 Å². The largest absolute Gasteiger partial charge is 0.486 e. The van der Waals surface area contributed by atoms with Crippen LogP contribution in [0.3, 0.4) is 0 Å². The van der Waals surface area contributed by atoms with Gasteiger partial charge in [-0.1, -0.05) is 6.92 Å². The van der Waals surface area contributed by atoms with Crippen LogP contribution in [0.2, 0.25) is 0 Å². The third-order valence-corrected chi connectivity index (χ3v) is 3.70. The lowest BCUT2D eigenvalue weighted by molar-refractivity contribution is 0.171. The summed E-state index contributed by atoms with van der Waals surface area (Å²) in [7, 11) is -3.43. The van der Waals surface area contributed by atoms with Crippen molar-refractivity contribution in [3.8, 4) is 11.5 Å². The zero-order valence-electron chi connectivity index (χ0n) is 8.89. The zero-order chi connectivity index (χ0) is 11.6. The van der Waals surface area contributed by atoms with E-state index in [1.165, 1.54) is 12.1 Å². The Labute approximate surface area is 94.4 Å². The van der Waals surface area contributed by atoms with Crippen molar-refractivity contribution < 1.29 is 17.9 Å². The molecule has 1 aliphatic heterocycles. The Hall–Kier alpha value is -1.27. The number of rotatable bonds is 3. The zero-order valence-corrected chi connectivity index (χ0v) is 9.71. The predicted molar refractivity (Wildman–Crippen MR) is 58.3 cm³/mol. The minimum absolute atomic E-state index is 0.193. The normalized spacial score (nSPS) is 14.8. The lowest BCUT2D eigenvalue weighted by atomic mass is 10.3. The van der Waals surface area contributed by atoms with E-state index in [-0.39, 0.29) is 4.90 Å². The monoisotopic (exact) mass is 243 g/mol. The van der Waals surface area contributed by atoms with Gasteiger partial charge in [-0.25, -0.2) is 13.1 Å². The maximum Gasteiger partial charge on any atom is 0.240 e. The van der Waals surface area contributed by atoms with Gasteiger partial charge in [-0.15, -0.1) is 0 Å². The van der Waals surface area contributed by atoms with Crippen LogP contribution in [0.4, 0.5) is 0 Å². The molecule has 0 aromatic heterocycles. The summed E-state index contributed by atoms with van der Waals surface area (Å²) < 4.78 is 36.5. The molecule has 0 radical (unpaired) electrons. The molecule has 88 valence electrons. The molecule has 0 saturated carbocycles. The van der Waals surface area contributed by atoms with E-state index in [0.717, 1.165) is 0 Å². The number of hydrogen-bond donors (Lipinski definition) is 1. The van der Waals surface area contributed by atoms with Crippen molar-refractivity contribution >= 4 is 10.0 Å². The first-order valence-electron chi connectivity index (χ1n) is 5.03. The summed E-state index contributed by atoms with van der Waals surface area (Å²) in [4.78, 5) is 0.193. The van der Waals surface area contributed by atoms with Crippen LogP contribution in [0, 0.1) is 0 Å². The highest BCUT2D eigenvalue weighted by atomic mass is 32.2.